The molecule has 35 heavy (non-hydrogen) atoms. The number of benzene rings is 2. The first-order chi connectivity index (χ1) is 16.6. The molecule has 0 saturated heterocycles. The number of carboxylic acid groups (broad SMARTS) is 1. The molecule has 0 aliphatic heterocycles. The number of fused-ring (bicyclic) bond motifs is 2. The zero-order valence-corrected chi connectivity index (χ0v) is 20.1. The normalized spacial score (nSPS) is 21.1. The smallest absolute Gasteiger partial charge is 0.335 e. The Morgan fingerprint density at radius 3 is 2.57 bits per heavy atom. The predicted octanol–water partition coefficient (Wildman–Crippen LogP) is 5.04. The minimum Gasteiger partial charge on any atom is -0.479 e. The van der Waals surface area contributed by atoms with Crippen molar-refractivity contribution in [1.29, 1.82) is 0 Å². The fourth-order valence-corrected chi connectivity index (χ4v) is 5.71. The molecule has 0 bridgehead atoms. The van der Waals surface area contributed by atoms with E-state index in [0.29, 0.717) is 19.4 Å². The number of aliphatic carboxylic acids is 1. The SMILES string of the molecule is COCC(C)(C)c1c([C@H]2CC[C@](O)(C(=O)O)CC2)c2cc3[nH]ncc3cc2n1-c1ccc(F)cc1. The van der Waals surface area contributed by atoms with Gasteiger partial charge < -0.3 is 19.5 Å². The van der Waals surface area contributed by atoms with E-state index in [2.05, 4.69) is 40.7 Å². The maximum Gasteiger partial charge on any atom is 0.335 e. The third kappa shape index (κ3) is 3.90. The number of aromatic nitrogens is 3. The van der Waals surface area contributed by atoms with Crippen LogP contribution in [0.15, 0.2) is 42.6 Å². The topological polar surface area (TPSA) is 100 Å². The number of carbonyl (C=O) groups is 1. The van der Waals surface area contributed by atoms with Crippen LogP contribution in [0.2, 0.25) is 0 Å². The fraction of sp³-hybridized carbons (Fsp3) is 0.407. The summed E-state index contributed by atoms with van der Waals surface area (Å²) in [4.78, 5) is 11.7. The van der Waals surface area contributed by atoms with Crippen molar-refractivity contribution in [1.82, 2.24) is 14.8 Å². The molecule has 2 heterocycles. The quantitative estimate of drug-likeness (QED) is 0.360. The molecule has 1 fully saturated rings. The van der Waals surface area contributed by atoms with Crippen molar-refractivity contribution in [3.63, 3.8) is 0 Å². The van der Waals surface area contributed by atoms with Gasteiger partial charge in [-0.25, -0.2) is 9.18 Å². The molecule has 0 spiro atoms. The Hall–Kier alpha value is -3.23. The summed E-state index contributed by atoms with van der Waals surface area (Å²) in [6.07, 6.45) is 3.24. The maximum atomic E-state index is 13.9. The number of halogens is 1. The number of ether oxygens (including phenoxy) is 1. The van der Waals surface area contributed by atoms with Gasteiger partial charge in [-0.2, -0.15) is 5.10 Å². The first-order valence-corrected chi connectivity index (χ1v) is 11.9. The summed E-state index contributed by atoms with van der Waals surface area (Å²) in [6.45, 7) is 4.71. The van der Waals surface area contributed by atoms with Crippen molar-refractivity contribution in [2.45, 2.75) is 56.5 Å². The lowest BCUT2D eigenvalue weighted by Gasteiger charge is -2.35. The number of aliphatic hydroxyl groups is 1. The number of H-pyrrole nitrogens is 1. The summed E-state index contributed by atoms with van der Waals surface area (Å²) >= 11 is 0. The van der Waals surface area contributed by atoms with Crippen LogP contribution in [0, 0.1) is 5.82 Å². The summed E-state index contributed by atoms with van der Waals surface area (Å²) in [7, 11) is 1.68. The lowest BCUT2D eigenvalue weighted by molar-refractivity contribution is -0.162. The number of rotatable bonds is 6. The number of carboxylic acids is 1. The number of aromatic amines is 1. The largest absolute Gasteiger partial charge is 0.479 e. The van der Waals surface area contributed by atoms with Gasteiger partial charge in [-0.15, -0.1) is 0 Å². The fourth-order valence-electron chi connectivity index (χ4n) is 5.71. The van der Waals surface area contributed by atoms with E-state index < -0.39 is 17.0 Å². The molecule has 5 rings (SSSR count). The van der Waals surface area contributed by atoms with Gasteiger partial charge in [0, 0.05) is 34.7 Å². The average molecular weight is 480 g/mol. The van der Waals surface area contributed by atoms with Gasteiger partial charge in [0.05, 0.1) is 23.8 Å². The number of nitrogens with zero attached hydrogens (tertiary/aromatic N) is 2. The van der Waals surface area contributed by atoms with Crippen molar-refractivity contribution in [3.05, 3.63) is 59.7 Å². The molecule has 184 valence electrons. The lowest BCUT2D eigenvalue weighted by Crippen LogP contribution is -2.41. The molecule has 1 aliphatic carbocycles. The summed E-state index contributed by atoms with van der Waals surface area (Å²) in [5.74, 6) is -1.42. The van der Waals surface area contributed by atoms with Crippen LogP contribution in [0.25, 0.3) is 27.5 Å². The standard InChI is InChI=1S/C27H30FN3O4/c1-26(2,15-35-3)24-23(16-8-10-27(34,11-9-16)25(32)33)20-13-21-17(14-29-30-21)12-22(20)31(24)19-6-4-18(28)5-7-19/h4-7,12-14,16,34H,8-11,15H2,1-3H3,(H,29,30)(H,32,33)/t16-,27+. The Kier molecular flexibility index (Phi) is 5.68. The molecular formula is C27H30FN3O4. The summed E-state index contributed by atoms with van der Waals surface area (Å²) in [6, 6.07) is 10.6. The van der Waals surface area contributed by atoms with E-state index in [-0.39, 0.29) is 24.6 Å². The number of hydrogen-bond acceptors (Lipinski definition) is 4. The summed E-state index contributed by atoms with van der Waals surface area (Å²) < 4.78 is 21.7. The number of nitrogens with one attached hydrogen (secondary N) is 1. The third-order valence-electron chi connectivity index (χ3n) is 7.42. The Balaban J connectivity index is 1.80. The van der Waals surface area contributed by atoms with E-state index in [0.717, 1.165) is 38.8 Å². The van der Waals surface area contributed by atoms with Crippen LogP contribution in [0.3, 0.4) is 0 Å². The zero-order chi connectivity index (χ0) is 25.0. The second-order valence-electron chi connectivity index (χ2n) is 10.3. The van der Waals surface area contributed by atoms with Crippen LogP contribution < -0.4 is 0 Å². The van der Waals surface area contributed by atoms with E-state index in [1.165, 1.54) is 12.1 Å². The van der Waals surface area contributed by atoms with Crippen LogP contribution in [-0.4, -0.2) is 50.3 Å². The van der Waals surface area contributed by atoms with Crippen molar-refractivity contribution in [2.75, 3.05) is 13.7 Å². The van der Waals surface area contributed by atoms with Crippen LogP contribution in [-0.2, 0) is 14.9 Å². The Morgan fingerprint density at radius 2 is 1.94 bits per heavy atom. The van der Waals surface area contributed by atoms with Gasteiger partial charge in [0.2, 0.25) is 0 Å². The van der Waals surface area contributed by atoms with Gasteiger partial charge >= 0.3 is 5.97 Å². The van der Waals surface area contributed by atoms with E-state index in [9.17, 15) is 19.4 Å². The van der Waals surface area contributed by atoms with Gasteiger partial charge in [-0.1, -0.05) is 13.8 Å². The monoisotopic (exact) mass is 479 g/mol. The molecule has 3 N–H and O–H groups in total. The van der Waals surface area contributed by atoms with Gasteiger partial charge in [0.15, 0.2) is 5.60 Å². The molecule has 4 aromatic rings. The van der Waals surface area contributed by atoms with Gasteiger partial charge in [0.25, 0.3) is 0 Å². The van der Waals surface area contributed by atoms with E-state index in [4.69, 9.17) is 4.74 Å². The van der Waals surface area contributed by atoms with Crippen LogP contribution in [0.4, 0.5) is 4.39 Å². The van der Waals surface area contributed by atoms with Gasteiger partial charge in [-0.05, 0) is 73.6 Å². The minimum atomic E-state index is -1.69. The van der Waals surface area contributed by atoms with Gasteiger partial charge in [0.1, 0.15) is 5.82 Å². The van der Waals surface area contributed by atoms with Crippen LogP contribution in [0.1, 0.15) is 56.7 Å². The molecule has 0 atom stereocenters. The highest BCUT2D eigenvalue weighted by Gasteiger charge is 2.43. The lowest BCUT2D eigenvalue weighted by atomic mass is 9.73. The summed E-state index contributed by atoms with van der Waals surface area (Å²) in [5.41, 5.74) is 2.78. The Labute approximate surface area is 202 Å². The number of methoxy groups -OCH3 is 1. The van der Waals surface area contributed by atoms with Crippen LogP contribution >= 0.6 is 0 Å². The van der Waals surface area contributed by atoms with Crippen molar-refractivity contribution in [3.8, 4) is 5.69 Å². The van der Waals surface area contributed by atoms with Crippen molar-refractivity contribution < 1.29 is 24.1 Å². The molecular weight excluding hydrogens is 449 g/mol. The summed E-state index contributed by atoms with van der Waals surface area (Å²) in [5, 5.41) is 29.4. The van der Waals surface area contributed by atoms with Crippen LogP contribution in [0.5, 0.6) is 0 Å². The van der Waals surface area contributed by atoms with E-state index in [1.807, 2.05) is 0 Å². The second kappa shape index (κ2) is 8.46. The van der Waals surface area contributed by atoms with Crippen molar-refractivity contribution >= 4 is 27.8 Å². The molecule has 0 unspecified atom stereocenters. The molecule has 1 aliphatic rings. The first kappa shape index (κ1) is 23.5. The highest BCUT2D eigenvalue weighted by atomic mass is 19.1. The Bertz CT molecular complexity index is 1400. The minimum absolute atomic E-state index is 0.0466. The van der Waals surface area contributed by atoms with Gasteiger partial charge in [-0.3, -0.25) is 5.10 Å². The number of hydrogen-bond donors (Lipinski definition) is 3. The molecule has 1 saturated carbocycles. The molecule has 0 radical (unpaired) electrons. The maximum absolute atomic E-state index is 13.9. The van der Waals surface area contributed by atoms with Crippen molar-refractivity contribution in [2.24, 2.45) is 0 Å². The molecule has 7 nitrogen and oxygen atoms in total. The first-order valence-electron chi connectivity index (χ1n) is 11.9. The highest BCUT2D eigenvalue weighted by molar-refractivity contribution is 5.99. The third-order valence-corrected chi connectivity index (χ3v) is 7.42. The Morgan fingerprint density at radius 1 is 1.26 bits per heavy atom. The second-order valence-corrected chi connectivity index (χ2v) is 10.3. The van der Waals surface area contributed by atoms with E-state index >= 15 is 0 Å². The molecule has 8 heteroatoms. The predicted molar refractivity (Wildman–Crippen MR) is 132 cm³/mol. The van der Waals surface area contributed by atoms with E-state index in [1.54, 1.807) is 25.4 Å². The molecule has 2 aromatic carbocycles. The molecule has 0 amide bonds. The average Bonchev–Trinajstić information content (AvgIpc) is 3.41. The molecule has 2 aromatic heterocycles. The highest BCUT2D eigenvalue weighted by Crippen LogP contribution is 2.47. The zero-order valence-electron chi connectivity index (χ0n) is 20.1.